The second-order valence-electron chi connectivity index (χ2n) is 11.8. The number of Topliss-reactive ketones (excluding diaryl/α,β-unsaturated/α-hetero) is 2. The fourth-order valence-electron chi connectivity index (χ4n) is 3.64. The fraction of sp³-hybridized carbons (Fsp3) is 0.920. The molecule has 0 aromatic heterocycles. The van der Waals surface area contributed by atoms with Crippen LogP contribution < -0.4 is 10.6 Å². The summed E-state index contributed by atoms with van der Waals surface area (Å²) in [6, 6.07) is -0.267. The molecule has 0 bridgehead atoms. The lowest BCUT2D eigenvalue weighted by atomic mass is 9.78. The first-order chi connectivity index (χ1) is 13.0. The molecule has 0 saturated heterocycles. The van der Waals surface area contributed by atoms with Gasteiger partial charge >= 0.3 is 0 Å². The van der Waals surface area contributed by atoms with Crippen LogP contribution in [0.25, 0.3) is 0 Å². The first-order valence-corrected chi connectivity index (χ1v) is 11.6. The van der Waals surface area contributed by atoms with E-state index in [1.54, 1.807) is 0 Å². The predicted molar refractivity (Wildman–Crippen MR) is 125 cm³/mol. The van der Waals surface area contributed by atoms with Gasteiger partial charge in [0.15, 0.2) is 11.6 Å². The molecule has 0 spiro atoms. The van der Waals surface area contributed by atoms with Gasteiger partial charge in [0, 0.05) is 16.4 Å². The molecule has 2 unspecified atom stereocenters. The van der Waals surface area contributed by atoms with Gasteiger partial charge in [0.1, 0.15) is 0 Å². The molecule has 4 nitrogen and oxygen atoms in total. The van der Waals surface area contributed by atoms with Gasteiger partial charge in [-0.15, -0.1) is 0 Å². The third-order valence-corrected chi connectivity index (χ3v) is 5.34. The van der Waals surface area contributed by atoms with Crippen molar-refractivity contribution in [1.82, 2.24) is 10.6 Å². The van der Waals surface area contributed by atoms with E-state index in [-0.39, 0.29) is 34.6 Å². The minimum atomic E-state index is -0.440. The molecule has 0 saturated carbocycles. The molecule has 0 aromatic carbocycles. The van der Waals surface area contributed by atoms with E-state index in [4.69, 9.17) is 0 Å². The lowest BCUT2D eigenvalue weighted by molar-refractivity contribution is -0.130. The average molecular weight is 411 g/mol. The van der Waals surface area contributed by atoms with Gasteiger partial charge < -0.3 is 10.6 Å². The molecule has 0 radical (unpaired) electrons. The van der Waals surface area contributed by atoms with E-state index in [1.165, 1.54) is 0 Å². The largest absolute Gasteiger partial charge is 0.307 e. The number of carbonyl (C=O) groups excluding carboxylic acids is 2. The van der Waals surface area contributed by atoms with Gasteiger partial charge in [-0.1, -0.05) is 68.2 Å². The highest BCUT2D eigenvalue weighted by molar-refractivity contribution is 5.89. The van der Waals surface area contributed by atoms with Crippen LogP contribution in [0.3, 0.4) is 0 Å². The monoisotopic (exact) mass is 410 g/mol. The minimum absolute atomic E-state index is 0.103. The summed E-state index contributed by atoms with van der Waals surface area (Å²) >= 11 is 0. The zero-order valence-electron chi connectivity index (χ0n) is 21.3. The predicted octanol–water partition coefficient (Wildman–Crippen LogP) is 5.54. The van der Waals surface area contributed by atoms with Gasteiger partial charge in [-0.05, 0) is 52.5 Å². The summed E-state index contributed by atoms with van der Waals surface area (Å²) in [4.78, 5) is 26.2. The van der Waals surface area contributed by atoms with Crippen LogP contribution in [-0.4, -0.2) is 35.7 Å². The number of carbonyl (C=O) groups is 2. The molecule has 29 heavy (non-hydrogen) atoms. The molecule has 172 valence electrons. The van der Waals surface area contributed by atoms with Gasteiger partial charge in [-0.3, -0.25) is 9.59 Å². The molecule has 0 amide bonds. The third kappa shape index (κ3) is 11.3. The van der Waals surface area contributed by atoms with E-state index >= 15 is 0 Å². The Hall–Kier alpha value is -0.740. The normalized spacial score (nSPS) is 15.4. The maximum absolute atomic E-state index is 13.4. The van der Waals surface area contributed by atoms with Crippen molar-refractivity contribution in [1.29, 1.82) is 0 Å². The first-order valence-electron chi connectivity index (χ1n) is 11.6. The van der Waals surface area contributed by atoms with Crippen molar-refractivity contribution in [3.05, 3.63) is 0 Å². The van der Waals surface area contributed by atoms with Crippen LogP contribution >= 0.6 is 0 Å². The van der Waals surface area contributed by atoms with E-state index < -0.39 is 5.41 Å². The molecule has 2 atom stereocenters. The Balaban J connectivity index is 5.10. The SMILES string of the molecule is CCCCC(NCCC(C)(C)C(=O)C(CC(C)C)NC(C)(C)C)C(=O)C(C)(C)C. The standard InChI is InChI=1S/C25H50N2O2/c1-12-13-14-19(21(28)23(4,5)6)26-16-15-25(10,11)22(29)20(17-18(2)3)27-24(7,8)9/h18-20,26-27H,12-17H2,1-11H3. The zero-order chi connectivity index (χ0) is 23.0. The van der Waals surface area contributed by atoms with Gasteiger partial charge in [-0.2, -0.15) is 0 Å². The summed E-state index contributed by atoms with van der Waals surface area (Å²) < 4.78 is 0. The highest BCUT2D eigenvalue weighted by Crippen LogP contribution is 2.27. The van der Waals surface area contributed by atoms with E-state index in [1.807, 2.05) is 34.6 Å². The van der Waals surface area contributed by atoms with Crippen molar-refractivity contribution in [3.8, 4) is 0 Å². The maximum atomic E-state index is 13.4. The second-order valence-corrected chi connectivity index (χ2v) is 11.8. The van der Waals surface area contributed by atoms with Crippen molar-refractivity contribution in [2.24, 2.45) is 16.7 Å². The number of nitrogens with one attached hydrogen (secondary N) is 2. The van der Waals surface area contributed by atoms with Crippen LogP contribution in [0.4, 0.5) is 0 Å². The molecule has 0 aliphatic rings. The van der Waals surface area contributed by atoms with Crippen molar-refractivity contribution >= 4 is 11.6 Å². The number of ketones is 2. The van der Waals surface area contributed by atoms with E-state index in [0.29, 0.717) is 12.5 Å². The Bertz CT molecular complexity index is 510. The Morgan fingerprint density at radius 1 is 0.862 bits per heavy atom. The minimum Gasteiger partial charge on any atom is -0.307 e. The van der Waals surface area contributed by atoms with Crippen molar-refractivity contribution in [2.45, 2.75) is 126 Å². The summed E-state index contributed by atoms with van der Waals surface area (Å²) in [6.07, 6.45) is 4.55. The molecule has 0 aliphatic heterocycles. The van der Waals surface area contributed by atoms with Crippen LogP contribution in [0, 0.1) is 16.7 Å². The Morgan fingerprint density at radius 2 is 1.41 bits per heavy atom. The van der Waals surface area contributed by atoms with Crippen LogP contribution in [-0.2, 0) is 9.59 Å². The number of hydrogen-bond donors (Lipinski definition) is 2. The van der Waals surface area contributed by atoms with Gasteiger partial charge in [-0.25, -0.2) is 0 Å². The van der Waals surface area contributed by atoms with Crippen LogP contribution in [0.15, 0.2) is 0 Å². The molecule has 0 aliphatic carbocycles. The molecule has 2 N–H and O–H groups in total. The Labute approximate surface area is 181 Å². The fourth-order valence-corrected chi connectivity index (χ4v) is 3.64. The zero-order valence-corrected chi connectivity index (χ0v) is 21.3. The third-order valence-electron chi connectivity index (χ3n) is 5.34. The molecule has 0 heterocycles. The van der Waals surface area contributed by atoms with E-state index in [9.17, 15) is 9.59 Å². The van der Waals surface area contributed by atoms with Gasteiger partial charge in [0.25, 0.3) is 0 Å². The summed E-state index contributed by atoms with van der Waals surface area (Å²) in [5, 5.41) is 7.01. The van der Waals surface area contributed by atoms with Crippen LogP contribution in [0.1, 0.15) is 108 Å². The Kier molecular flexibility index (Phi) is 11.3. The summed E-state index contributed by atoms with van der Waals surface area (Å²) in [5.74, 6) is 0.993. The first kappa shape index (κ1) is 28.3. The van der Waals surface area contributed by atoms with E-state index in [2.05, 4.69) is 52.2 Å². The van der Waals surface area contributed by atoms with Crippen molar-refractivity contribution in [2.75, 3.05) is 6.54 Å². The van der Waals surface area contributed by atoms with Crippen LogP contribution in [0.2, 0.25) is 0 Å². The number of hydrogen-bond acceptors (Lipinski definition) is 4. The highest BCUT2D eigenvalue weighted by atomic mass is 16.1. The number of rotatable bonds is 13. The molecular formula is C25H50N2O2. The van der Waals surface area contributed by atoms with Crippen LogP contribution in [0.5, 0.6) is 0 Å². The summed E-state index contributed by atoms with van der Waals surface area (Å²) in [7, 11) is 0. The second kappa shape index (κ2) is 11.6. The average Bonchev–Trinajstić information content (AvgIpc) is 2.53. The van der Waals surface area contributed by atoms with Crippen molar-refractivity contribution in [3.63, 3.8) is 0 Å². The number of unbranched alkanes of at least 4 members (excludes halogenated alkanes) is 1. The lowest BCUT2D eigenvalue weighted by Gasteiger charge is -2.35. The lowest BCUT2D eigenvalue weighted by Crippen LogP contribution is -2.52. The molecule has 0 fully saturated rings. The summed E-state index contributed by atoms with van der Waals surface area (Å²) in [5.41, 5.74) is -0.894. The van der Waals surface area contributed by atoms with Gasteiger partial charge in [0.05, 0.1) is 12.1 Å². The summed E-state index contributed by atoms with van der Waals surface area (Å²) in [6.45, 7) is 23.5. The highest BCUT2D eigenvalue weighted by Gasteiger charge is 2.36. The molecular weight excluding hydrogens is 360 g/mol. The quantitative estimate of drug-likeness (QED) is 0.418. The molecule has 0 aromatic rings. The van der Waals surface area contributed by atoms with Crippen molar-refractivity contribution < 1.29 is 9.59 Å². The smallest absolute Gasteiger partial charge is 0.155 e. The molecule has 0 rings (SSSR count). The van der Waals surface area contributed by atoms with E-state index in [0.717, 1.165) is 32.1 Å². The topological polar surface area (TPSA) is 58.2 Å². The maximum Gasteiger partial charge on any atom is 0.155 e. The van der Waals surface area contributed by atoms with Gasteiger partial charge in [0.2, 0.25) is 0 Å². The molecule has 4 heteroatoms. The Morgan fingerprint density at radius 3 is 1.83 bits per heavy atom.